The Bertz CT molecular complexity index is 720. The predicted octanol–water partition coefficient (Wildman–Crippen LogP) is 3.50. The molecular weight excluding hydrogens is 382 g/mol. The number of nitrogens with zero attached hydrogens (tertiary/aromatic N) is 2. The Balaban J connectivity index is 1.32. The van der Waals surface area contributed by atoms with Crippen molar-refractivity contribution in [2.24, 2.45) is 5.92 Å². The van der Waals surface area contributed by atoms with Gasteiger partial charge in [-0.2, -0.15) is 0 Å². The minimum atomic E-state index is -0.0799. The number of amides is 3. The van der Waals surface area contributed by atoms with Gasteiger partial charge in [-0.1, -0.05) is 0 Å². The molecule has 2 saturated heterocycles. The molecule has 3 amide bonds. The normalized spacial score (nSPS) is 20.6. The van der Waals surface area contributed by atoms with Crippen LogP contribution in [0.3, 0.4) is 0 Å². The topological polar surface area (TPSA) is 71.1 Å². The summed E-state index contributed by atoms with van der Waals surface area (Å²) in [5.74, 6) is 1.36. The van der Waals surface area contributed by atoms with Gasteiger partial charge in [-0.05, 0) is 69.7 Å². The van der Waals surface area contributed by atoms with Crippen molar-refractivity contribution in [3.63, 3.8) is 0 Å². The Morgan fingerprint density at radius 2 is 1.67 bits per heavy atom. The second kappa shape index (κ2) is 9.69. The van der Waals surface area contributed by atoms with Crippen molar-refractivity contribution >= 4 is 17.6 Å². The fourth-order valence-electron chi connectivity index (χ4n) is 4.51. The van der Waals surface area contributed by atoms with Crippen molar-refractivity contribution in [3.05, 3.63) is 24.3 Å². The molecule has 0 atom stereocenters. The molecule has 0 bridgehead atoms. The number of hydrogen-bond acceptors (Lipinski definition) is 4. The van der Waals surface area contributed by atoms with Crippen LogP contribution in [0.5, 0.6) is 5.75 Å². The molecule has 1 saturated carbocycles. The van der Waals surface area contributed by atoms with E-state index in [9.17, 15) is 9.59 Å². The smallest absolute Gasteiger partial charge is 0.321 e. The molecule has 2 heterocycles. The third-order valence-corrected chi connectivity index (χ3v) is 6.33. The molecule has 7 nitrogen and oxygen atoms in total. The van der Waals surface area contributed by atoms with E-state index in [1.165, 1.54) is 0 Å². The Labute approximate surface area is 178 Å². The van der Waals surface area contributed by atoms with Crippen molar-refractivity contribution in [1.82, 2.24) is 9.80 Å². The maximum absolute atomic E-state index is 13.0. The molecule has 7 heteroatoms. The third-order valence-electron chi connectivity index (χ3n) is 6.33. The maximum atomic E-state index is 13.0. The van der Waals surface area contributed by atoms with Crippen LogP contribution in [0.4, 0.5) is 10.5 Å². The van der Waals surface area contributed by atoms with Gasteiger partial charge in [0.2, 0.25) is 5.91 Å². The summed E-state index contributed by atoms with van der Waals surface area (Å²) in [5.41, 5.74) is 0.762. The fourth-order valence-corrected chi connectivity index (χ4v) is 4.51. The van der Waals surface area contributed by atoms with Crippen LogP contribution in [0, 0.1) is 5.92 Å². The highest BCUT2D eigenvalue weighted by Gasteiger charge is 2.41. The van der Waals surface area contributed by atoms with Gasteiger partial charge in [0.15, 0.2) is 0 Å². The Kier molecular flexibility index (Phi) is 6.77. The molecule has 0 unspecified atom stereocenters. The molecule has 1 N–H and O–H groups in total. The van der Waals surface area contributed by atoms with E-state index in [-0.39, 0.29) is 18.0 Å². The first-order chi connectivity index (χ1) is 14.7. The molecule has 0 radical (unpaired) electrons. The van der Waals surface area contributed by atoms with Crippen molar-refractivity contribution in [1.29, 1.82) is 0 Å². The van der Waals surface area contributed by atoms with Gasteiger partial charge in [0.1, 0.15) is 5.75 Å². The van der Waals surface area contributed by atoms with Gasteiger partial charge in [-0.3, -0.25) is 4.79 Å². The standard InChI is InChI=1S/C23H33N3O4/c1-2-30-21-7-5-18(6-8-21)24-23(28)25-13-9-19(10-14-25)26(22(27)17-3-4-17)20-11-15-29-16-12-20/h5-8,17,19-20H,2-4,9-16H2,1H3,(H,24,28). The van der Waals surface area contributed by atoms with E-state index in [1.54, 1.807) is 0 Å². The Morgan fingerprint density at radius 3 is 2.27 bits per heavy atom. The molecule has 1 aromatic carbocycles. The molecule has 30 heavy (non-hydrogen) atoms. The largest absolute Gasteiger partial charge is 0.494 e. The molecular formula is C23H33N3O4. The summed E-state index contributed by atoms with van der Waals surface area (Å²) in [6.45, 7) is 5.39. The average molecular weight is 416 g/mol. The van der Waals surface area contributed by atoms with E-state index >= 15 is 0 Å². The SMILES string of the molecule is CCOc1ccc(NC(=O)N2CCC(N(C(=O)C3CC3)C3CCOCC3)CC2)cc1. The minimum Gasteiger partial charge on any atom is -0.494 e. The lowest BCUT2D eigenvalue weighted by molar-refractivity contribution is -0.141. The molecule has 2 aliphatic heterocycles. The molecule has 0 spiro atoms. The third kappa shape index (κ3) is 5.06. The van der Waals surface area contributed by atoms with Crippen LogP contribution in [0.25, 0.3) is 0 Å². The van der Waals surface area contributed by atoms with Crippen LogP contribution >= 0.6 is 0 Å². The Morgan fingerprint density at radius 1 is 1.03 bits per heavy atom. The van der Waals surface area contributed by atoms with Crippen molar-refractivity contribution in [3.8, 4) is 5.75 Å². The van der Waals surface area contributed by atoms with Crippen LogP contribution in [0.15, 0.2) is 24.3 Å². The number of nitrogens with one attached hydrogen (secondary N) is 1. The molecule has 4 rings (SSSR count). The summed E-state index contributed by atoms with van der Waals surface area (Å²) >= 11 is 0. The number of anilines is 1. The Hall–Kier alpha value is -2.28. The van der Waals surface area contributed by atoms with Gasteiger partial charge < -0.3 is 24.6 Å². The average Bonchev–Trinajstić information content (AvgIpc) is 3.62. The number of carbonyl (C=O) groups excluding carboxylic acids is 2. The maximum Gasteiger partial charge on any atom is 0.321 e. The molecule has 3 aliphatic rings. The summed E-state index contributed by atoms with van der Waals surface area (Å²) in [4.78, 5) is 29.8. The lowest BCUT2D eigenvalue weighted by Crippen LogP contribution is -2.54. The summed E-state index contributed by atoms with van der Waals surface area (Å²) in [6, 6.07) is 7.88. The second-order valence-electron chi connectivity index (χ2n) is 8.47. The highest BCUT2D eigenvalue weighted by molar-refractivity contribution is 5.89. The number of ether oxygens (including phenoxy) is 2. The number of rotatable bonds is 6. The van der Waals surface area contributed by atoms with Crippen molar-refractivity contribution in [2.75, 3.05) is 38.2 Å². The van der Waals surface area contributed by atoms with Crippen molar-refractivity contribution in [2.45, 2.75) is 57.5 Å². The first-order valence-corrected chi connectivity index (χ1v) is 11.3. The first-order valence-electron chi connectivity index (χ1n) is 11.3. The van der Waals surface area contributed by atoms with E-state index in [2.05, 4.69) is 10.2 Å². The lowest BCUT2D eigenvalue weighted by Gasteiger charge is -2.43. The first kappa shape index (κ1) is 21.0. The van der Waals surface area contributed by atoms with Crippen LogP contribution < -0.4 is 10.1 Å². The molecule has 0 aromatic heterocycles. The van der Waals surface area contributed by atoms with Gasteiger partial charge in [0.05, 0.1) is 6.61 Å². The quantitative estimate of drug-likeness (QED) is 0.772. The number of hydrogen-bond donors (Lipinski definition) is 1. The van der Waals surface area contributed by atoms with Gasteiger partial charge in [0.25, 0.3) is 0 Å². The zero-order valence-corrected chi connectivity index (χ0v) is 17.8. The predicted molar refractivity (Wildman–Crippen MR) is 115 cm³/mol. The highest BCUT2D eigenvalue weighted by Crippen LogP contribution is 2.35. The van der Waals surface area contributed by atoms with Crippen LogP contribution in [0.1, 0.15) is 45.4 Å². The summed E-state index contributed by atoms with van der Waals surface area (Å²) < 4.78 is 11.0. The molecule has 164 valence electrons. The monoisotopic (exact) mass is 415 g/mol. The van der Waals surface area contributed by atoms with E-state index in [1.807, 2.05) is 36.1 Å². The number of urea groups is 1. The van der Waals surface area contributed by atoms with Crippen LogP contribution in [0.2, 0.25) is 0 Å². The van der Waals surface area contributed by atoms with Crippen molar-refractivity contribution < 1.29 is 19.1 Å². The minimum absolute atomic E-state index is 0.0799. The van der Waals surface area contributed by atoms with E-state index in [4.69, 9.17) is 9.47 Å². The highest BCUT2D eigenvalue weighted by atomic mass is 16.5. The van der Waals surface area contributed by atoms with E-state index in [0.717, 1.165) is 63.2 Å². The van der Waals surface area contributed by atoms with Gasteiger partial charge in [0, 0.05) is 50.0 Å². The lowest BCUT2D eigenvalue weighted by atomic mass is 9.97. The summed E-state index contributed by atoms with van der Waals surface area (Å²) in [5, 5.41) is 2.97. The van der Waals surface area contributed by atoms with E-state index < -0.39 is 0 Å². The molecule has 3 fully saturated rings. The van der Waals surface area contributed by atoms with Crippen LogP contribution in [-0.2, 0) is 9.53 Å². The van der Waals surface area contributed by atoms with E-state index in [0.29, 0.717) is 31.6 Å². The number of carbonyl (C=O) groups is 2. The second-order valence-corrected chi connectivity index (χ2v) is 8.47. The number of benzene rings is 1. The molecule has 1 aliphatic carbocycles. The summed E-state index contributed by atoms with van der Waals surface area (Å²) in [6.07, 6.45) is 5.59. The number of likely N-dealkylation sites (tertiary alicyclic amines) is 1. The van der Waals surface area contributed by atoms with Gasteiger partial charge >= 0.3 is 6.03 Å². The zero-order chi connectivity index (χ0) is 20.9. The van der Waals surface area contributed by atoms with Gasteiger partial charge in [-0.25, -0.2) is 4.79 Å². The number of piperidine rings is 1. The van der Waals surface area contributed by atoms with Crippen LogP contribution in [-0.4, -0.2) is 66.7 Å². The fraction of sp³-hybridized carbons (Fsp3) is 0.652. The van der Waals surface area contributed by atoms with Gasteiger partial charge in [-0.15, -0.1) is 0 Å². The zero-order valence-electron chi connectivity index (χ0n) is 17.8. The molecule has 1 aromatic rings. The summed E-state index contributed by atoms with van der Waals surface area (Å²) in [7, 11) is 0.